The van der Waals surface area contributed by atoms with Crippen LogP contribution in [0.1, 0.15) is 30.2 Å². The van der Waals surface area contributed by atoms with Gasteiger partial charge >= 0.3 is 0 Å². The van der Waals surface area contributed by atoms with Crippen molar-refractivity contribution >= 4 is 11.8 Å². The largest absolute Gasteiger partial charge is 0.488 e. The Labute approximate surface area is 179 Å². The van der Waals surface area contributed by atoms with Crippen molar-refractivity contribution in [1.82, 2.24) is 15.6 Å². The van der Waals surface area contributed by atoms with Crippen molar-refractivity contribution in [2.75, 3.05) is 38.8 Å². The second-order valence-electron chi connectivity index (χ2n) is 7.64. The van der Waals surface area contributed by atoms with E-state index in [9.17, 15) is 0 Å². The second kappa shape index (κ2) is 10.8. The van der Waals surface area contributed by atoms with E-state index >= 15 is 0 Å². The summed E-state index contributed by atoms with van der Waals surface area (Å²) in [6, 6.07) is 12.3. The van der Waals surface area contributed by atoms with Gasteiger partial charge in [-0.05, 0) is 37.6 Å². The SMILES string of the molecule is CCNC(=NCc1ccc(C)cc1OC1CCOC1)NCc1cccc(N(C)C)n1. The molecule has 1 aromatic carbocycles. The molecule has 162 valence electrons. The molecule has 0 bridgehead atoms. The van der Waals surface area contributed by atoms with Gasteiger partial charge in [-0.1, -0.05) is 18.2 Å². The van der Waals surface area contributed by atoms with Gasteiger partial charge in [0.1, 0.15) is 17.7 Å². The number of pyridine rings is 1. The Morgan fingerprint density at radius 3 is 2.87 bits per heavy atom. The molecule has 2 N–H and O–H groups in total. The first-order valence-corrected chi connectivity index (χ1v) is 10.5. The molecule has 2 aromatic rings. The quantitative estimate of drug-likeness (QED) is 0.514. The zero-order valence-corrected chi connectivity index (χ0v) is 18.4. The van der Waals surface area contributed by atoms with Crippen LogP contribution in [0.2, 0.25) is 0 Å². The maximum absolute atomic E-state index is 6.19. The Kier molecular flexibility index (Phi) is 7.90. The minimum atomic E-state index is 0.121. The van der Waals surface area contributed by atoms with E-state index in [4.69, 9.17) is 14.5 Å². The summed E-state index contributed by atoms with van der Waals surface area (Å²) in [5.74, 6) is 2.59. The summed E-state index contributed by atoms with van der Waals surface area (Å²) in [6.45, 7) is 7.47. The van der Waals surface area contributed by atoms with Crippen LogP contribution in [0, 0.1) is 6.92 Å². The molecule has 7 heteroatoms. The molecule has 30 heavy (non-hydrogen) atoms. The van der Waals surface area contributed by atoms with Crippen LogP contribution in [0.4, 0.5) is 5.82 Å². The number of hydrogen-bond donors (Lipinski definition) is 2. The lowest BCUT2D eigenvalue weighted by molar-refractivity contribution is 0.140. The van der Waals surface area contributed by atoms with Gasteiger partial charge in [0.15, 0.2) is 5.96 Å². The van der Waals surface area contributed by atoms with Crippen molar-refractivity contribution in [3.8, 4) is 5.75 Å². The zero-order chi connectivity index (χ0) is 21.3. The van der Waals surface area contributed by atoms with Crippen LogP contribution >= 0.6 is 0 Å². The Hall–Kier alpha value is -2.80. The van der Waals surface area contributed by atoms with E-state index in [0.717, 1.165) is 48.4 Å². The molecule has 0 radical (unpaired) electrons. The molecule has 0 aliphatic carbocycles. The van der Waals surface area contributed by atoms with Gasteiger partial charge < -0.3 is 25.0 Å². The van der Waals surface area contributed by atoms with Gasteiger partial charge in [0.2, 0.25) is 0 Å². The van der Waals surface area contributed by atoms with Crippen molar-refractivity contribution in [3.63, 3.8) is 0 Å². The molecule has 0 amide bonds. The van der Waals surface area contributed by atoms with Crippen LogP contribution in [0.15, 0.2) is 41.4 Å². The fraction of sp³-hybridized carbons (Fsp3) is 0.478. The third-order valence-electron chi connectivity index (χ3n) is 4.84. The maximum atomic E-state index is 6.19. The number of rotatable bonds is 8. The lowest BCUT2D eigenvalue weighted by Gasteiger charge is -2.17. The molecule has 1 unspecified atom stereocenters. The predicted octanol–water partition coefficient (Wildman–Crippen LogP) is 2.88. The van der Waals surface area contributed by atoms with E-state index in [1.165, 1.54) is 5.56 Å². The molecule has 1 fully saturated rings. The first-order chi connectivity index (χ1) is 14.5. The summed E-state index contributed by atoms with van der Waals surface area (Å²) >= 11 is 0. The third-order valence-corrected chi connectivity index (χ3v) is 4.84. The van der Waals surface area contributed by atoms with Gasteiger partial charge in [-0.2, -0.15) is 0 Å². The number of hydrogen-bond acceptors (Lipinski definition) is 5. The van der Waals surface area contributed by atoms with Gasteiger partial charge in [-0.15, -0.1) is 0 Å². The molecular formula is C23H33N5O2. The number of nitrogens with one attached hydrogen (secondary N) is 2. The van der Waals surface area contributed by atoms with E-state index in [2.05, 4.69) is 47.7 Å². The first kappa shape index (κ1) is 21.9. The van der Waals surface area contributed by atoms with Crippen molar-refractivity contribution in [2.24, 2.45) is 4.99 Å². The van der Waals surface area contributed by atoms with E-state index in [1.54, 1.807) is 0 Å². The summed E-state index contributed by atoms with van der Waals surface area (Å²) in [6.07, 6.45) is 1.05. The van der Waals surface area contributed by atoms with Crippen LogP contribution in [0.3, 0.4) is 0 Å². The summed E-state index contributed by atoms with van der Waals surface area (Å²) in [5.41, 5.74) is 3.21. The highest BCUT2D eigenvalue weighted by Crippen LogP contribution is 2.24. The number of aliphatic imine (C=N–C) groups is 1. The molecule has 7 nitrogen and oxygen atoms in total. The minimum absolute atomic E-state index is 0.121. The average molecular weight is 412 g/mol. The highest BCUT2D eigenvalue weighted by molar-refractivity contribution is 5.79. The molecular weight excluding hydrogens is 378 g/mol. The Morgan fingerprint density at radius 1 is 1.27 bits per heavy atom. The van der Waals surface area contributed by atoms with Crippen LogP contribution in [0.5, 0.6) is 5.75 Å². The number of nitrogens with zero attached hydrogens (tertiary/aromatic N) is 3. The predicted molar refractivity (Wildman–Crippen MR) is 121 cm³/mol. The van der Waals surface area contributed by atoms with Crippen molar-refractivity contribution in [2.45, 2.75) is 39.5 Å². The lowest BCUT2D eigenvalue weighted by Crippen LogP contribution is -2.37. The van der Waals surface area contributed by atoms with Crippen LogP contribution < -0.4 is 20.3 Å². The molecule has 3 rings (SSSR count). The average Bonchev–Trinajstić information content (AvgIpc) is 3.24. The van der Waals surface area contributed by atoms with Crippen LogP contribution in [-0.4, -0.2) is 50.9 Å². The molecule has 1 aliphatic rings. The number of aromatic nitrogens is 1. The van der Waals surface area contributed by atoms with Gasteiger partial charge in [0, 0.05) is 32.6 Å². The Morgan fingerprint density at radius 2 is 2.13 bits per heavy atom. The van der Waals surface area contributed by atoms with E-state index in [0.29, 0.717) is 19.7 Å². The Bertz CT molecular complexity index is 847. The smallest absolute Gasteiger partial charge is 0.191 e. The minimum Gasteiger partial charge on any atom is -0.488 e. The third kappa shape index (κ3) is 6.35. The molecule has 1 atom stereocenters. The maximum Gasteiger partial charge on any atom is 0.191 e. The standard InChI is InChI=1S/C23H33N5O2/c1-5-24-23(26-15-19-7-6-8-22(27-19)28(3)4)25-14-18-10-9-17(2)13-21(18)30-20-11-12-29-16-20/h6-10,13,20H,5,11-12,14-16H2,1-4H3,(H2,24,25,26). The van der Waals surface area contributed by atoms with Crippen molar-refractivity contribution in [3.05, 3.63) is 53.2 Å². The summed E-state index contributed by atoms with van der Waals surface area (Å²) in [4.78, 5) is 11.4. The highest BCUT2D eigenvalue weighted by Gasteiger charge is 2.18. The molecule has 1 saturated heterocycles. The van der Waals surface area contributed by atoms with Gasteiger partial charge in [0.25, 0.3) is 0 Å². The monoisotopic (exact) mass is 411 g/mol. The Balaban J connectivity index is 1.67. The van der Waals surface area contributed by atoms with E-state index in [1.807, 2.05) is 37.2 Å². The summed E-state index contributed by atoms with van der Waals surface area (Å²) in [7, 11) is 3.98. The molecule has 0 spiro atoms. The van der Waals surface area contributed by atoms with Gasteiger partial charge in [0.05, 0.1) is 32.0 Å². The summed E-state index contributed by atoms with van der Waals surface area (Å²) < 4.78 is 11.6. The molecule has 2 heterocycles. The number of anilines is 1. The lowest BCUT2D eigenvalue weighted by atomic mass is 10.1. The number of ether oxygens (including phenoxy) is 2. The van der Waals surface area contributed by atoms with Gasteiger partial charge in [-0.25, -0.2) is 9.98 Å². The second-order valence-corrected chi connectivity index (χ2v) is 7.64. The van der Waals surface area contributed by atoms with Gasteiger partial charge in [-0.3, -0.25) is 0 Å². The van der Waals surface area contributed by atoms with Crippen molar-refractivity contribution in [1.29, 1.82) is 0 Å². The number of aryl methyl sites for hydroxylation is 1. The van der Waals surface area contributed by atoms with E-state index in [-0.39, 0.29) is 6.10 Å². The highest BCUT2D eigenvalue weighted by atomic mass is 16.5. The van der Waals surface area contributed by atoms with Crippen LogP contribution in [0.25, 0.3) is 0 Å². The van der Waals surface area contributed by atoms with Crippen LogP contribution in [-0.2, 0) is 17.8 Å². The topological polar surface area (TPSA) is 71.0 Å². The fourth-order valence-electron chi connectivity index (χ4n) is 3.18. The molecule has 1 aromatic heterocycles. The molecule has 0 saturated carbocycles. The molecule has 1 aliphatic heterocycles. The number of guanidine groups is 1. The van der Waals surface area contributed by atoms with Crippen molar-refractivity contribution < 1.29 is 9.47 Å². The normalized spacial score (nSPS) is 16.4. The zero-order valence-electron chi connectivity index (χ0n) is 18.4. The number of benzene rings is 1. The summed E-state index contributed by atoms with van der Waals surface area (Å²) in [5, 5.41) is 6.68. The fourth-order valence-corrected chi connectivity index (χ4v) is 3.18. The van der Waals surface area contributed by atoms with E-state index < -0.39 is 0 Å². The first-order valence-electron chi connectivity index (χ1n) is 10.5.